The lowest BCUT2D eigenvalue weighted by atomic mass is 9.97. The van der Waals surface area contributed by atoms with Gasteiger partial charge < -0.3 is 25.8 Å². The van der Waals surface area contributed by atoms with Crippen LogP contribution < -0.4 is 20.7 Å². The van der Waals surface area contributed by atoms with Crippen LogP contribution in [0.15, 0.2) is 18.2 Å². The number of hydrogen-bond donors (Lipinski definition) is 4. The summed E-state index contributed by atoms with van der Waals surface area (Å²) >= 11 is 6.06. The second kappa shape index (κ2) is 12.0. The van der Waals surface area contributed by atoms with Crippen LogP contribution in [-0.2, 0) is 25.6 Å². The predicted octanol–water partition coefficient (Wildman–Crippen LogP) is 0.545. The minimum absolute atomic E-state index is 0.00853. The van der Waals surface area contributed by atoms with Crippen LogP contribution in [0.3, 0.4) is 0 Å². The molecule has 1 unspecified atom stereocenters. The molecule has 0 spiro atoms. The highest BCUT2D eigenvalue weighted by Gasteiger charge is 2.35. The largest absolute Gasteiger partial charge is 0.496 e. The van der Waals surface area contributed by atoms with Crippen molar-refractivity contribution in [3.8, 4) is 5.75 Å². The molecule has 0 aliphatic carbocycles. The van der Waals surface area contributed by atoms with Gasteiger partial charge in [-0.25, -0.2) is 4.79 Å². The number of ether oxygens (including phenoxy) is 1. The van der Waals surface area contributed by atoms with E-state index in [1.165, 1.54) is 7.11 Å². The summed E-state index contributed by atoms with van der Waals surface area (Å²) in [4.78, 5) is 62.0. The lowest BCUT2D eigenvalue weighted by molar-refractivity contribution is -0.138. The Bertz CT molecular complexity index is 924. The van der Waals surface area contributed by atoms with Crippen LogP contribution in [0.4, 0.5) is 4.79 Å². The minimum Gasteiger partial charge on any atom is -0.496 e. The molecule has 4 N–H and O–H groups in total. The number of aliphatic carboxylic acids is 1. The van der Waals surface area contributed by atoms with Gasteiger partial charge in [0.15, 0.2) is 0 Å². The van der Waals surface area contributed by atoms with Crippen LogP contribution in [0.5, 0.6) is 5.75 Å². The van der Waals surface area contributed by atoms with Crippen molar-refractivity contribution < 1.29 is 33.8 Å². The van der Waals surface area contributed by atoms with Gasteiger partial charge in [-0.2, -0.15) is 0 Å². The van der Waals surface area contributed by atoms with E-state index in [4.69, 9.17) is 21.4 Å². The number of nitrogens with zero attached hydrogens (tertiary/aromatic N) is 1. The SMILES string of the molecule is CCC[C@@H](NC(=O)N1CC(=O)NCC(Cc2cc(Cl)ccc2OC)C1=O)C(=O)NCC(=O)O. The summed E-state index contributed by atoms with van der Waals surface area (Å²) in [6.45, 7) is 0.671. The fourth-order valence-electron chi connectivity index (χ4n) is 3.40. The number of carbonyl (C=O) groups is 5. The van der Waals surface area contributed by atoms with E-state index in [1.54, 1.807) is 25.1 Å². The molecule has 5 amide bonds. The van der Waals surface area contributed by atoms with Gasteiger partial charge in [0.1, 0.15) is 24.9 Å². The van der Waals surface area contributed by atoms with E-state index in [9.17, 15) is 24.0 Å². The number of imide groups is 1. The first-order valence-electron chi connectivity index (χ1n) is 10.4. The monoisotopic (exact) mass is 482 g/mol. The van der Waals surface area contributed by atoms with Gasteiger partial charge in [0.05, 0.1) is 13.0 Å². The number of rotatable bonds is 9. The Balaban J connectivity index is 2.19. The predicted molar refractivity (Wildman–Crippen MR) is 118 cm³/mol. The summed E-state index contributed by atoms with van der Waals surface area (Å²) in [5, 5.41) is 16.5. The Morgan fingerprint density at radius 1 is 1.33 bits per heavy atom. The smallest absolute Gasteiger partial charge is 0.325 e. The fraction of sp³-hybridized carbons (Fsp3) is 0.476. The van der Waals surface area contributed by atoms with E-state index in [1.807, 2.05) is 0 Å². The number of carboxylic acids is 1. The van der Waals surface area contributed by atoms with Gasteiger partial charge in [-0.1, -0.05) is 24.9 Å². The van der Waals surface area contributed by atoms with Crippen LogP contribution in [0.25, 0.3) is 0 Å². The van der Waals surface area contributed by atoms with Crippen molar-refractivity contribution >= 4 is 41.3 Å². The zero-order chi connectivity index (χ0) is 24.5. The Hall–Kier alpha value is -3.34. The molecule has 33 heavy (non-hydrogen) atoms. The molecule has 1 aromatic rings. The molecule has 1 aliphatic heterocycles. The molecule has 2 atom stereocenters. The number of halogens is 1. The molecule has 0 saturated carbocycles. The first-order chi connectivity index (χ1) is 15.7. The highest BCUT2D eigenvalue weighted by Crippen LogP contribution is 2.26. The molecular weight excluding hydrogens is 456 g/mol. The van der Waals surface area contributed by atoms with Crippen molar-refractivity contribution in [3.05, 3.63) is 28.8 Å². The molecule has 11 nitrogen and oxygen atoms in total. The summed E-state index contributed by atoms with van der Waals surface area (Å²) in [5.74, 6) is -3.32. The number of urea groups is 1. The lowest BCUT2D eigenvalue weighted by Crippen LogP contribution is -2.54. The summed E-state index contributed by atoms with van der Waals surface area (Å²) in [5.41, 5.74) is 0.636. The zero-order valence-electron chi connectivity index (χ0n) is 18.4. The van der Waals surface area contributed by atoms with Crippen molar-refractivity contribution in [1.29, 1.82) is 0 Å². The molecule has 1 aliphatic rings. The summed E-state index contributed by atoms with van der Waals surface area (Å²) in [6, 6.07) is 2.97. The number of benzene rings is 1. The van der Waals surface area contributed by atoms with Crippen molar-refractivity contribution in [2.75, 3.05) is 26.7 Å². The van der Waals surface area contributed by atoms with Gasteiger partial charge in [0.2, 0.25) is 17.7 Å². The van der Waals surface area contributed by atoms with Crippen LogP contribution in [0, 0.1) is 5.92 Å². The normalized spacial score (nSPS) is 16.9. The molecule has 1 heterocycles. The Kier molecular flexibility index (Phi) is 9.46. The molecular formula is C21H27ClN4O7. The first kappa shape index (κ1) is 25.9. The molecule has 12 heteroatoms. The van der Waals surface area contributed by atoms with Gasteiger partial charge in [0.25, 0.3) is 0 Å². The second-order valence-corrected chi connectivity index (χ2v) is 7.92. The maximum absolute atomic E-state index is 13.2. The third-order valence-electron chi connectivity index (χ3n) is 5.02. The van der Waals surface area contributed by atoms with Crippen molar-refractivity contribution in [2.45, 2.75) is 32.2 Å². The molecule has 1 aromatic carbocycles. The van der Waals surface area contributed by atoms with Crippen LogP contribution in [0.1, 0.15) is 25.3 Å². The van der Waals surface area contributed by atoms with E-state index in [0.29, 0.717) is 22.8 Å². The maximum Gasteiger partial charge on any atom is 0.325 e. The van der Waals surface area contributed by atoms with Crippen molar-refractivity contribution in [2.24, 2.45) is 5.92 Å². The Morgan fingerprint density at radius 2 is 2.06 bits per heavy atom. The number of methoxy groups -OCH3 is 1. The number of hydrogen-bond acceptors (Lipinski definition) is 6. The minimum atomic E-state index is -1.23. The van der Waals surface area contributed by atoms with E-state index >= 15 is 0 Å². The van der Waals surface area contributed by atoms with Crippen molar-refractivity contribution in [3.63, 3.8) is 0 Å². The van der Waals surface area contributed by atoms with Gasteiger partial charge in [-0.3, -0.25) is 24.1 Å². The fourth-order valence-corrected chi connectivity index (χ4v) is 3.59. The number of nitrogens with one attached hydrogen (secondary N) is 3. The Morgan fingerprint density at radius 3 is 2.70 bits per heavy atom. The third-order valence-corrected chi connectivity index (χ3v) is 5.26. The van der Waals surface area contributed by atoms with Gasteiger partial charge >= 0.3 is 12.0 Å². The summed E-state index contributed by atoms with van der Waals surface area (Å²) < 4.78 is 5.31. The Labute approximate surface area is 195 Å². The average Bonchev–Trinajstić information content (AvgIpc) is 2.90. The third kappa shape index (κ3) is 7.35. The molecule has 0 bridgehead atoms. The molecule has 1 fully saturated rings. The molecule has 2 rings (SSSR count). The topological polar surface area (TPSA) is 154 Å². The number of carbonyl (C=O) groups excluding carboxylic acids is 4. The standard InChI is InChI=1S/C21H27ClN4O7/c1-3-4-15(19(30)24-10-18(28)29)25-21(32)26-11-17(27)23-9-13(20(26)31)7-12-8-14(22)5-6-16(12)33-2/h5-6,8,13,15H,3-4,7,9-11H2,1-2H3,(H,23,27)(H,24,30)(H,25,32)(H,28,29)/t13?,15-/m1/s1. The van der Waals surface area contributed by atoms with Crippen LogP contribution in [0.2, 0.25) is 5.02 Å². The van der Waals surface area contributed by atoms with Gasteiger partial charge in [0, 0.05) is 11.6 Å². The highest BCUT2D eigenvalue weighted by molar-refractivity contribution is 6.30. The molecule has 180 valence electrons. The highest BCUT2D eigenvalue weighted by atomic mass is 35.5. The lowest BCUT2D eigenvalue weighted by Gasteiger charge is -2.25. The summed E-state index contributed by atoms with van der Waals surface area (Å²) in [6.07, 6.45) is 0.885. The van der Waals surface area contributed by atoms with Crippen LogP contribution >= 0.6 is 11.6 Å². The zero-order valence-corrected chi connectivity index (χ0v) is 19.1. The first-order valence-corrected chi connectivity index (χ1v) is 10.7. The number of amides is 5. The van der Waals surface area contributed by atoms with E-state index in [-0.39, 0.29) is 19.4 Å². The van der Waals surface area contributed by atoms with E-state index in [2.05, 4.69) is 16.0 Å². The number of carboxylic acid groups (broad SMARTS) is 1. The quantitative estimate of drug-likeness (QED) is 0.400. The average molecular weight is 483 g/mol. The maximum atomic E-state index is 13.2. The van der Waals surface area contributed by atoms with Gasteiger partial charge in [-0.05, 0) is 36.6 Å². The van der Waals surface area contributed by atoms with Crippen LogP contribution in [-0.4, -0.2) is 72.5 Å². The van der Waals surface area contributed by atoms with E-state index in [0.717, 1.165) is 4.90 Å². The molecule has 0 aromatic heterocycles. The molecule has 1 saturated heterocycles. The summed E-state index contributed by atoms with van der Waals surface area (Å²) in [7, 11) is 1.48. The second-order valence-electron chi connectivity index (χ2n) is 7.49. The van der Waals surface area contributed by atoms with Gasteiger partial charge in [-0.15, -0.1) is 0 Å². The van der Waals surface area contributed by atoms with E-state index < -0.39 is 54.8 Å². The van der Waals surface area contributed by atoms with Crippen molar-refractivity contribution in [1.82, 2.24) is 20.9 Å². The molecule has 0 radical (unpaired) electrons.